The van der Waals surface area contributed by atoms with Crippen LogP contribution in [-0.4, -0.2) is 63.8 Å². The molecule has 31 heavy (non-hydrogen) atoms. The van der Waals surface area contributed by atoms with Crippen molar-refractivity contribution in [3.05, 3.63) is 65.1 Å². The second-order valence-electron chi connectivity index (χ2n) is 6.98. The molecule has 1 aliphatic heterocycles. The molecule has 0 aliphatic carbocycles. The highest BCUT2D eigenvalue weighted by atomic mass is 19.1. The lowest BCUT2D eigenvalue weighted by atomic mass is 10.1. The second kappa shape index (κ2) is 8.90. The molecule has 9 nitrogen and oxygen atoms in total. The highest BCUT2D eigenvalue weighted by molar-refractivity contribution is 5.76. The summed E-state index contributed by atoms with van der Waals surface area (Å²) >= 11 is 0. The highest BCUT2D eigenvalue weighted by Gasteiger charge is 2.25. The third-order valence-corrected chi connectivity index (χ3v) is 5.14. The van der Waals surface area contributed by atoms with Gasteiger partial charge in [-0.1, -0.05) is 0 Å². The van der Waals surface area contributed by atoms with Crippen LogP contribution < -0.4 is 15.2 Å². The number of carbonyl (C=O) groups is 1. The van der Waals surface area contributed by atoms with Crippen LogP contribution >= 0.6 is 0 Å². The average Bonchev–Trinajstić information content (AvgIpc) is 2.81. The van der Waals surface area contributed by atoms with E-state index in [1.165, 1.54) is 24.7 Å². The van der Waals surface area contributed by atoms with E-state index in [-0.39, 0.29) is 29.5 Å². The van der Waals surface area contributed by atoms with Gasteiger partial charge in [-0.05, 0) is 30.3 Å². The zero-order chi connectivity index (χ0) is 21.8. The largest absolute Gasteiger partial charge is 0.497 e. The molecule has 1 aliphatic rings. The zero-order valence-electron chi connectivity index (χ0n) is 16.9. The lowest BCUT2D eigenvalue weighted by molar-refractivity contribution is -0.132. The van der Waals surface area contributed by atoms with Gasteiger partial charge in [0.1, 0.15) is 24.3 Å². The average molecular weight is 424 g/mol. The number of ether oxygens (including phenoxy) is 1. The van der Waals surface area contributed by atoms with Gasteiger partial charge in [-0.3, -0.25) is 9.59 Å². The summed E-state index contributed by atoms with van der Waals surface area (Å²) < 4.78 is 21.5. The van der Waals surface area contributed by atoms with Crippen molar-refractivity contribution in [3.8, 4) is 17.0 Å². The predicted molar refractivity (Wildman–Crippen MR) is 111 cm³/mol. The van der Waals surface area contributed by atoms with E-state index >= 15 is 4.39 Å². The van der Waals surface area contributed by atoms with Gasteiger partial charge in [0.2, 0.25) is 5.91 Å². The number of amides is 1. The van der Waals surface area contributed by atoms with Crippen LogP contribution in [0.1, 0.15) is 0 Å². The van der Waals surface area contributed by atoms with Crippen molar-refractivity contribution in [1.82, 2.24) is 24.6 Å². The third-order valence-electron chi connectivity index (χ3n) is 5.14. The van der Waals surface area contributed by atoms with Gasteiger partial charge in [0.05, 0.1) is 7.11 Å². The summed E-state index contributed by atoms with van der Waals surface area (Å²) in [6.45, 7) is 1.49. The lowest BCUT2D eigenvalue weighted by Crippen LogP contribution is -2.50. The monoisotopic (exact) mass is 424 g/mol. The molecule has 0 atom stereocenters. The number of aromatic nitrogens is 4. The standard InChI is InChI=1S/C21H21FN6O3/c1-31-16-6-4-15(5-7-16)20-19(22)21(24-14-23-20)27-11-9-26(10-12-27)18(30)13-28-17(29)3-2-8-25-28/h2-8,14H,9-13H2,1H3. The minimum atomic E-state index is -0.507. The van der Waals surface area contributed by atoms with Gasteiger partial charge < -0.3 is 14.5 Å². The molecule has 3 heterocycles. The first-order valence-corrected chi connectivity index (χ1v) is 9.76. The fourth-order valence-corrected chi connectivity index (χ4v) is 3.43. The number of nitrogens with zero attached hydrogens (tertiary/aromatic N) is 6. The first-order chi connectivity index (χ1) is 15.1. The van der Waals surface area contributed by atoms with Crippen LogP contribution in [0.2, 0.25) is 0 Å². The maximum Gasteiger partial charge on any atom is 0.267 e. The van der Waals surface area contributed by atoms with E-state index in [1.54, 1.807) is 41.2 Å². The Morgan fingerprint density at radius 2 is 1.84 bits per heavy atom. The van der Waals surface area contributed by atoms with Crippen LogP contribution in [-0.2, 0) is 11.3 Å². The number of hydrogen-bond donors (Lipinski definition) is 0. The maximum atomic E-state index is 15.2. The third kappa shape index (κ3) is 4.37. The smallest absolute Gasteiger partial charge is 0.267 e. The molecule has 0 N–H and O–H groups in total. The van der Waals surface area contributed by atoms with Crippen LogP contribution in [0.25, 0.3) is 11.3 Å². The van der Waals surface area contributed by atoms with Crippen LogP contribution in [0, 0.1) is 5.82 Å². The van der Waals surface area contributed by atoms with Gasteiger partial charge in [-0.25, -0.2) is 19.0 Å². The van der Waals surface area contributed by atoms with Crippen molar-refractivity contribution in [2.24, 2.45) is 0 Å². The molecule has 1 amide bonds. The summed E-state index contributed by atoms with van der Waals surface area (Å²) in [4.78, 5) is 35.9. The topological polar surface area (TPSA) is 93.5 Å². The van der Waals surface area contributed by atoms with E-state index in [9.17, 15) is 9.59 Å². The van der Waals surface area contributed by atoms with Gasteiger partial charge in [-0.2, -0.15) is 5.10 Å². The van der Waals surface area contributed by atoms with Crippen LogP contribution in [0.15, 0.2) is 53.7 Å². The normalized spacial score (nSPS) is 13.9. The fourth-order valence-electron chi connectivity index (χ4n) is 3.43. The highest BCUT2D eigenvalue weighted by Crippen LogP contribution is 2.28. The maximum absolute atomic E-state index is 15.2. The van der Waals surface area contributed by atoms with Crippen LogP contribution in [0.4, 0.5) is 10.2 Å². The molecule has 2 aromatic heterocycles. The number of halogens is 1. The number of anilines is 1. The van der Waals surface area contributed by atoms with E-state index in [4.69, 9.17) is 4.74 Å². The number of hydrogen-bond acceptors (Lipinski definition) is 7. The second-order valence-corrected chi connectivity index (χ2v) is 6.98. The van der Waals surface area contributed by atoms with Gasteiger partial charge in [0.15, 0.2) is 11.6 Å². The number of methoxy groups -OCH3 is 1. The van der Waals surface area contributed by atoms with E-state index in [2.05, 4.69) is 15.1 Å². The predicted octanol–water partition coefficient (Wildman–Crippen LogP) is 1.20. The minimum Gasteiger partial charge on any atom is -0.497 e. The number of benzene rings is 1. The van der Waals surface area contributed by atoms with Crippen LogP contribution in [0.3, 0.4) is 0 Å². The molecule has 0 radical (unpaired) electrons. The van der Waals surface area contributed by atoms with Gasteiger partial charge in [-0.15, -0.1) is 0 Å². The molecule has 1 aromatic carbocycles. The molecule has 10 heteroatoms. The summed E-state index contributed by atoms with van der Waals surface area (Å²) in [7, 11) is 1.57. The molecule has 160 valence electrons. The van der Waals surface area contributed by atoms with E-state index in [0.717, 1.165) is 4.68 Å². The Hall–Kier alpha value is -3.82. The summed E-state index contributed by atoms with van der Waals surface area (Å²) in [5, 5.41) is 3.91. The Kier molecular flexibility index (Phi) is 5.87. The first kappa shape index (κ1) is 20.5. The van der Waals surface area contributed by atoms with E-state index in [0.29, 0.717) is 37.5 Å². The molecule has 0 spiro atoms. The SMILES string of the molecule is COc1ccc(-c2ncnc(N3CCN(C(=O)Cn4ncccc4=O)CC3)c2F)cc1. The van der Waals surface area contributed by atoms with E-state index < -0.39 is 5.82 Å². The molecule has 0 saturated carbocycles. The fraction of sp³-hybridized carbons (Fsp3) is 0.286. The van der Waals surface area contributed by atoms with Crippen molar-refractivity contribution in [1.29, 1.82) is 0 Å². The minimum absolute atomic E-state index is 0.122. The van der Waals surface area contributed by atoms with Crippen LogP contribution in [0.5, 0.6) is 5.75 Å². The summed E-state index contributed by atoms with van der Waals surface area (Å²) in [5.41, 5.74) is 0.501. The molecule has 0 bridgehead atoms. The van der Waals surface area contributed by atoms with Crippen molar-refractivity contribution >= 4 is 11.7 Å². The first-order valence-electron chi connectivity index (χ1n) is 9.76. The van der Waals surface area contributed by atoms with Crippen molar-refractivity contribution in [2.75, 3.05) is 38.2 Å². The number of carbonyl (C=O) groups excluding carboxylic acids is 1. The van der Waals surface area contributed by atoms with E-state index in [1.807, 2.05) is 0 Å². The molecular weight excluding hydrogens is 403 g/mol. The summed E-state index contributed by atoms with van der Waals surface area (Å²) in [6.07, 6.45) is 2.80. The van der Waals surface area contributed by atoms with Crippen molar-refractivity contribution in [3.63, 3.8) is 0 Å². The number of piperazine rings is 1. The van der Waals surface area contributed by atoms with Crippen molar-refractivity contribution < 1.29 is 13.9 Å². The molecule has 1 fully saturated rings. The molecule has 1 saturated heterocycles. The molecular formula is C21H21FN6O3. The van der Waals surface area contributed by atoms with Gasteiger partial charge in [0.25, 0.3) is 5.56 Å². The lowest BCUT2D eigenvalue weighted by Gasteiger charge is -2.35. The Balaban J connectivity index is 1.44. The van der Waals surface area contributed by atoms with Gasteiger partial charge >= 0.3 is 0 Å². The molecule has 4 rings (SSSR count). The summed E-state index contributed by atoms with van der Waals surface area (Å²) in [5.74, 6) is 0.163. The quantitative estimate of drug-likeness (QED) is 0.608. The summed E-state index contributed by atoms with van der Waals surface area (Å²) in [6, 6.07) is 9.85. The number of rotatable bonds is 5. The Morgan fingerprint density at radius 3 is 2.52 bits per heavy atom. The zero-order valence-corrected chi connectivity index (χ0v) is 16.9. The van der Waals surface area contributed by atoms with Gasteiger partial charge in [0, 0.05) is 44.0 Å². The molecule has 3 aromatic rings. The Morgan fingerprint density at radius 1 is 1.10 bits per heavy atom. The molecule has 0 unspecified atom stereocenters. The Bertz CT molecular complexity index is 1130. The Labute approximate surface area is 177 Å². The van der Waals surface area contributed by atoms with Crippen molar-refractivity contribution in [2.45, 2.75) is 6.54 Å².